The fourth-order valence-corrected chi connectivity index (χ4v) is 5.89. The summed E-state index contributed by atoms with van der Waals surface area (Å²) < 4.78 is 22.7. The Bertz CT molecular complexity index is 1930. The van der Waals surface area contributed by atoms with Gasteiger partial charge in [0.2, 0.25) is 0 Å². The topological polar surface area (TPSA) is 77.4 Å². The van der Waals surface area contributed by atoms with E-state index >= 15 is 0 Å². The maximum absolute atomic E-state index is 8.70. The van der Waals surface area contributed by atoms with Crippen LogP contribution in [0.1, 0.15) is 59.8 Å². The van der Waals surface area contributed by atoms with E-state index in [1.807, 2.05) is 24.3 Å². The third-order valence-corrected chi connectivity index (χ3v) is 9.50. The average Bonchev–Trinajstić information content (AvgIpc) is 3.25. The summed E-state index contributed by atoms with van der Waals surface area (Å²) in [5, 5.41) is 17.4. The van der Waals surface area contributed by atoms with Crippen molar-refractivity contribution in [3.05, 3.63) is 150 Å². The van der Waals surface area contributed by atoms with Crippen molar-refractivity contribution in [2.45, 2.75) is 59.8 Å². The largest absolute Gasteiger partial charge is 0.497 e. The molecule has 0 aliphatic rings. The molecule has 6 aromatic rings. The van der Waals surface area contributed by atoms with Crippen LogP contribution in [-0.2, 0) is 0 Å². The molecule has 6 aromatic carbocycles. The van der Waals surface area contributed by atoms with Gasteiger partial charge in [0, 0.05) is 4.47 Å². The Hall–Kier alpha value is -5.02. The van der Waals surface area contributed by atoms with Crippen LogP contribution in [0.4, 0.5) is 0 Å². The molecular formula is C49H58BBrO6. The summed E-state index contributed by atoms with van der Waals surface area (Å²) in [5.41, 5.74) is 7.70. The van der Waals surface area contributed by atoms with Gasteiger partial charge in [-0.2, -0.15) is 0 Å². The first kappa shape index (κ1) is 46.4. The lowest BCUT2D eigenvalue weighted by Gasteiger charge is -2.08. The Labute approximate surface area is 349 Å². The van der Waals surface area contributed by atoms with E-state index in [2.05, 4.69) is 127 Å². The van der Waals surface area contributed by atoms with Crippen LogP contribution >= 0.6 is 15.9 Å². The van der Waals surface area contributed by atoms with Gasteiger partial charge in [0.25, 0.3) is 0 Å². The average molecular weight is 834 g/mol. The van der Waals surface area contributed by atoms with Crippen molar-refractivity contribution >= 4 is 28.5 Å². The molecule has 0 fully saturated rings. The van der Waals surface area contributed by atoms with Crippen LogP contribution in [-0.4, -0.2) is 44.6 Å². The van der Waals surface area contributed by atoms with E-state index in [1.165, 1.54) is 59.1 Å². The van der Waals surface area contributed by atoms with Crippen molar-refractivity contribution in [2.24, 2.45) is 0 Å². The highest BCUT2D eigenvalue weighted by Gasteiger charge is 2.09. The van der Waals surface area contributed by atoms with Crippen LogP contribution in [0.5, 0.6) is 23.0 Å². The van der Waals surface area contributed by atoms with Crippen LogP contribution in [0.3, 0.4) is 0 Å². The van der Waals surface area contributed by atoms with Gasteiger partial charge in [-0.25, -0.2) is 0 Å². The molecule has 0 heterocycles. The van der Waals surface area contributed by atoms with Gasteiger partial charge in [-0.1, -0.05) is 148 Å². The third-order valence-electron chi connectivity index (χ3n) is 8.97. The predicted molar refractivity (Wildman–Crippen MR) is 243 cm³/mol. The highest BCUT2D eigenvalue weighted by molar-refractivity contribution is 9.10. The SMILES string of the molecule is C.CCCCCOc1ccc(-c2ccc(-c3ccc(OC)cc3)cc2)cc1.CCCCCOc1ccc(-c2ccc(Br)cc2)cc1.COc1ccc(B(O)O)cc1. The number of methoxy groups -OCH3 is 2. The van der Waals surface area contributed by atoms with Crippen molar-refractivity contribution in [1.29, 1.82) is 0 Å². The zero-order chi connectivity index (χ0) is 40.0. The summed E-state index contributed by atoms with van der Waals surface area (Å²) in [6.45, 7) is 6.01. The van der Waals surface area contributed by atoms with Crippen LogP contribution in [0.25, 0.3) is 33.4 Å². The smallest absolute Gasteiger partial charge is 0.488 e. The Morgan fingerprint density at radius 3 is 1.00 bits per heavy atom. The summed E-state index contributed by atoms with van der Waals surface area (Å²) >= 11 is 3.45. The number of hydrogen-bond acceptors (Lipinski definition) is 6. The van der Waals surface area contributed by atoms with Crippen LogP contribution in [0.2, 0.25) is 0 Å². The number of halogens is 1. The Morgan fingerprint density at radius 1 is 0.421 bits per heavy atom. The van der Waals surface area contributed by atoms with E-state index in [0.29, 0.717) is 11.2 Å². The first-order valence-corrected chi connectivity index (χ1v) is 20.1. The van der Waals surface area contributed by atoms with Gasteiger partial charge in [-0.05, 0) is 112 Å². The molecule has 0 amide bonds. The fourth-order valence-electron chi connectivity index (χ4n) is 5.63. The van der Waals surface area contributed by atoms with Gasteiger partial charge in [-0.15, -0.1) is 0 Å². The van der Waals surface area contributed by atoms with Crippen molar-refractivity contribution in [3.63, 3.8) is 0 Å². The van der Waals surface area contributed by atoms with E-state index in [-0.39, 0.29) is 7.43 Å². The van der Waals surface area contributed by atoms with E-state index in [1.54, 1.807) is 38.5 Å². The Kier molecular flexibility index (Phi) is 21.2. The van der Waals surface area contributed by atoms with E-state index in [0.717, 1.165) is 47.8 Å². The monoisotopic (exact) mass is 832 g/mol. The summed E-state index contributed by atoms with van der Waals surface area (Å²) in [6, 6.07) is 48.3. The maximum atomic E-state index is 8.70. The second-order valence-electron chi connectivity index (χ2n) is 13.1. The minimum absolute atomic E-state index is 0. The first-order valence-electron chi connectivity index (χ1n) is 19.3. The van der Waals surface area contributed by atoms with Crippen LogP contribution in [0.15, 0.2) is 150 Å². The molecule has 0 radical (unpaired) electrons. The van der Waals surface area contributed by atoms with E-state index in [4.69, 9.17) is 29.0 Å². The van der Waals surface area contributed by atoms with Crippen molar-refractivity contribution in [3.8, 4) is 56.4 Å². The van der Waals surface area contributed by atoms with Gasteiger partial charge in [0.15, 0.2) is 0 Å². The molecule has 6 nitrogen and oxygen atoms in total. The molecule has 0 aliphatic carbocycles. The Morgan fingerprint density at radius 2 is 0.702 bits per heavy atom. The molecule has 0 saturated carbocycles. The molecule has 0 saturated heterocycles. The highest BCUT2D eigenvalue weighted by Crippen LogP contribution is 2.28. The number of rotatable bonds is 16. The summed E-state index contributed by atoms with van der Waals surface area (Å²) in [6.07, 6.45) is 7.15. The summed E-state index contributed by atoms with van der Waals surface area (Å²) in [5.74, 6) is 3.48. The molecule has 6 rings (SSSR count). The van der Waals surface area contributed by atoms with Gasteiger partial charge in [0.1, 0.15) is 23.0 Å². The van der Waals surface area contributed by atoms with Crippen molar-refractivity contribution in [2.75, 3.05) is 27.4 Å². The first-order chi connectivity index (χ1) is 27.3. The van der Waals surface area contributed by atoms with Crippen molar-refractivity contribution < 1.29 is 29.0 Å². The number of unbranched alkanes of at least 4 members (excludes halogenated alkanes) is 4. The zero-order valence-electron chi connectivity index (χ0n) is 33.0. The predicted octanol–water partition coefficient (Wildman–Crippen LogP) is 12.3. The fraction of sp³-hybridized carbons (Fsp3) is 0.265. The molecule has 0 bridgehead atoms. The maximum Gasteiger partial charge on any atom is 0.488 e. The standard InChI is InChI=1S/C24H26O2.C17H19BrO.C7H9BO3.CH4/c1-3-4-5-18-26-24-16-12-22(13-17-24)20-8-6-19(7-9-20)21-10-14-23(25-2)15-11-21;1-2-3-4-13-19-17-11-7-15(8-12-17)14-5-9-16(18)10-6-14;1-11-7-4-2-6(3-5-7)8(9)10;/h6-17H,3-5,18H2,1-2H3;5-12H,2-4,13H2,1H3;2-5,9-10H,1H3;1H4. The third kappa shape index (κ3) is 16.2. The highest BCUT2D eigenvalue weighted by atomic mass is 79.9. The quantitative estimate of drug-likeness (QED) is 0.0747. The molecule has 8 heteroatoms. The lowest BCUT2D eigenvalue weighted by molar-refractivity contribution is 0.306. The molecule has 300 valence electrons. The van der Waals surface area contributed by atoms with Crippen LogP contribution in [0, 0.1) is 0 Å². The van der Waals surface area contributed by atoms with Crippen LogP contribution < -0.4 is 24.4 Å². The lowest BCUT2D eigenvalue weighted by atomic mass is 9.80. The minimum atomic E-state index is -1.40. The second kappa shape index (κ2) is 26.0. The summed E-state index contributed by atoms with van der Waals surface area (Å²) in [7, 11) is 1.84. The lowest BCUT2D eigenvalue weighted by Crippen LogP contribution is -2.29. The molecule has 2 N–H and O–H groups in total. The van der Waals surface area contributed by atoms with E-state index < -0.39 is 7.12 Å². The molecule has 0 unspecified atom stereocenters. The van der Waals surface area contributed by atoms with E-state index in [9.17, 15) is 0 Å². The second-order valence-corrected chi connectivity index (χ2v) is 14.0. The zero-order valence-corrected chi connectivity index (χ0v) is 34.6. The Balaban J connectivity index is 0.000000246. The molecule has 57 heavy (non-hydrogen) atoms. The molecular weight excluding hydrogens is 775 g/mol. The molecule has 0 aliphatic heterocycles. The van der Waals surface area contributed by atoms with Crippen molar-refractivity contribution in [1.82, 2.24) is 0 Å². The van der Waals surface area contributed by atoms with Gasteiger partial charge >= 0.3 is 7.12 Å². The van der Waals surface area contributed by atoms with Gasteiger partial charge in [-0.3, -0.25) is 0 Å². The summed E-state index contributed by atoms with van der Waals surface area (Å²) in [4.78, 5) is 0. The molecule has 0 aromatic heterocycles. The normalized spacial score (nSPS) is 10.1. The minimum Gasteiger partial charge on any atom is -0.497 e. The number of hydrogen-bond donors (Lipinski definition) is 2. The number of benzene rings is 6. The van der Waals surface area contributed by atoms with Gasteiger partial charge < -0.3 is 29.0 Å². The number of ether oxygens (including phenoxy) is 4. The molecule has 0 atom stereocenters. The van der Waals surface area contributed by atoms with Gasteiger partial charge in [0.05, 0.1) is 27.4 Å². The molecule has 0 spiro atoms.